The first kappa shape index (κ1) is 19.7. The number of benzene rings is 2. The van der Waals surface area contributed by atoms with E-state index in [4.69, 9.17) is 9.47 Å². The molecule has 0 aliphatic heterocycles. The van der Waals surface area contributed by atoms with Crippen molar-refractivity contribution in [2.75, 3.05) is 7.11 Å². The Hall–Kier alpha value is -2.62. The van der Waals surface area contributed by atoms with Gasteiger partial charge in [-0.25, -0.2) is 4.79 Å². The fraction of sp³-hybridized carbons (Fsp3) is 0.364. The number of aryl methyl sites for hydroxylation is 1. The zero-order chi connectivity index (χ0) is 19.5. The molecule has 2 rings (SSSR count). The van der Waals surface area contributed by atoms with Gasteiger partial charge >= 0.3 is 11.9 Å². The molecule has 1 atom stereocenters. The van der Waals surface area contributed by atoms with Crippen LogP contribution >= 0.6 is 0 Å². The molecule has 0 aliphatic rings. The third-order valence-electron chi connectivity index (χ3n) is 4.14. The molecule has 0 saturated carbocycles. The lowest BCUT2D eigenvalue weighted by atomic mass is 9.90. The summed E-state index contributed by atoms with van der Waals surface area (Å²) < 4.78 is 10.4. The van der Waals surface area contributed by atoms with Crippen LogP contribution in [0.3, 0.4) is 0 Å². The standard InChI is InChI=1S/C22H26O4/c1-14-9-7-8-10-17(14)19-13-16(11-12-18(19)21(24)25-6)15(2)20(23)26-22(3,4)5/h7-13,15H,1-6H3. The minimum Gasteiger partial charge on any atom is -0.465 e. The second kappa shape index (κ2) is 7.73. The largest absolute Gasteiger partial charge is 0.465 e. The van der Waals surface area contributed by atoms with Crippen LogP contribution in [0.2, 0.25) is 0 Å². The van der Waals surface area contributed by atoms with Crippen LogP contribution in [0.4, 0.5) is 0 Å². The van der Waals surface area contributed by atoms with Crippen molar-refractivity contribution in [1.29, 1.82) is 0 Å². The van der Waals surface area contributed by atoms with E-state index in [0.717, 1.165) is 22.3 Å². The van der Waals surface area contributed by atoms with Crippen LogP contribution < -0.4 is 0 Å². The van der Waals surface area contributed by atoms with Crippen molar-refractivity contribution in [2.24, 2.45) is 0 Å². The molecule has 0 aromatic heterocycles. The maximum absolute atomic E-state index is 12.4. The van der Waals surface area contributed by atoms with Crippen molar-refractivity contribution in [3.05, 3.63) is 59.2 Å². The van der Waals surface area contributed by atoms with E-state index in [1.807, 2.05) is 65.0 Å². The van der Waals surface area contributed by atoms with Gasteiger partial charge in [-0.05, 0) is 69.0 Å². The zero-order valence-corrected chi connectivity index (χ0v) is 16.3. The number of carbonyl (C=O) groups excluding carboxylic acids is 2. The second-order valence-corrected chi connectivity index (χ2v) is 7.37. The highest BCUT2D eigenvalue weighted by atomic mass is 16.6. The molecule has 2 aromatic rings. The molecule has 0 aliphatic carbocycles. The molecule has 0 saturated heterocycles. The summed E-state index contributed by atoms with van der Waals surface area (Å²) in [5.74, 6) is -1.14. The molecule has 4 nitrogen and oxygen atoms in total. The molecule has 0 heterocycles. The van der Waals surface area contributed by atoms with E-state index in [9.17, 15) is 9.59 Å². The quantitative estimate of drug-likeness (QED) is 0.733. The molecule has 26 heavy (non-hydrogen) atoms. The summed E-state index contributed by atoms with van der Waals surface area (Å²) in [6.07, 6.45) is 0. The second-order valence-electron chi connectivity index (χ2n) is 7.37. The van der Waals surface area contributed by atoms with E-state index in [0.29, 0.717) is 5.56 Å². The van der Waals surface area contributed by atoms with Crippen molar-refractivity contribution < 1.29 is 19.1 Å². The van der Waals surface area contributed by atoms with E-state index in [1.54, 1.807) is 12.1 Å². The van der Waals surface area contributed by atoms with Crippen LogP contribution in [-0.4, -0.2) is 24.6 Å². The summed E-state index contributed by atoms with van der Waals surface area (Å²) in [4.78, 5) is 24.6. The van der Waals surface area contributed by atoms with Gasteiger partial charge in [-0.3, -0.25) is 4.79 Å². The number of ether oxygens (including phenoxy) is 2. The van der Waals surface area contributed by atoms with Gasteiger partial charge in [0.25, 0.3) is 0 Å². The smallest absolute Gasteiger partial charge is 0.338 e. The molecule has 2 aromatic carbocycles. The zero-order valence-electron chi connectivity index (χ0n) is 16.3. The van der Waals surface area contributed by atoms with Crippen molar-refractivity contribution in [3.8, 4) is 11.1 Å². The van der Waals surface area contributed by atoms with Gasteiger partial charge in [0.2, 0.25) is 0 Å². The van der Waals surface area contributed by atoms with Crippen LogP contribution in [0, 0.1) is 6.92 Å². The SMILES string of the molecule is COC(=O)c1ccc(C(C)C(=O)OC(C)(C)C)cc1-c1ccccc1C. The summed E-state index contributed by atoms with van der Waals surface area (Å²) >= 11 is 0. The van der Waals surface area contributed by atoms with Crippen molar-refractivity contribution in [3.63, 3.8) is 0 Å². The molecule has 0 spiro atoms. The Labute approximate surface area is 155 Å². The molecule has 4 heteroatoms. The maximum atomic E-state index is 12.4. The predicted molar refractivity (Wildman–Crippen MR) is 102 cm³/mol. The van der Waals surface area contributed by atoms with Crippen molar-refractivity contribution in [2.45, 2.75) is 46.1 Å². The number of hydrogen-bond acceptors (Lipinski definition) is 4. The number of methoxy groups -OCH3 is 1. The molecule has 138 valence electrons. The van der Waals surface area contributed by atoms with E-state index < -0.39 is 17.5 Å². The third kappa shape index (κ3) is 4.51. The Morgan fingerprint density at radius 3 is 2.23 bits per heavy atom. The highest BCUT2D eigenvalue weighted by Gasteiger charge is 2.24. The molecule has 1 unspecified atom stereocenters. The highest BCUT2D eigenvalue weighted by Crippen LogP contribution is 2.31. The van der Waals surface area contributed by atoms with Gasteiger partial charge in [0.05, 0.1) is 18.6 Å². The molecule has 0 radical (unpaired) electrons. The van der Waals surface area contributed by atoms with Gasteiger partial charge in [0, 0.05) is 0 Å². The lowest BCUT2D eigenvalue weighted by Crippen LogP contribution is -2.26. The molecular formula is C22H26O4. The Balaban J connectivity index is 2.52. The fourth-order valence-electron chi connectivity index (χ4n) is 2.74. The Morgan fingerprint density at radius 1 is 1.00 bits per heavy atom. The topological polar surface area (TPSA) is 52.6 Å². The van der Waals surface area contributed by atoms with Crippen LogP contribution in [0.5, 0.6) is 0 Å². The summed E-state index contributed by atoms with van der Waals surface area (Å²) in [5, 5.41) is 0. The molecular weight excluding hydrogens is 328 g/mol. The minimum atomic E-state index is -0.545. The van der Waals surface area contributed by atoms with Crippen LogP contribution in [0.25, 0.3) is 11.1 Å². The van der Waals surface area contributed by atoms with Gasteiger partial charge < -0.3 is 9.47 Å². The molecule has 0 amide bonds. The summed E-state index contributed by atoms with van der Waals surface area (Å²) in [7, 11) is 1.36. The number of esters is 2. The highest BCUT2D eigenvalue weighted by molar-refractivity contribution is 5.98. The van der Waals surface area contributed by atoms with Crippen molar-refractivity contribution >= 4 is 11.9 Å². The van der Waals surface area contributed by atoms with Gasteiger partial charge in [-0.2, -0.15) is 0 Å². The van der Waals surface area contributed by atoms with E-state index >= 15 is 0 Å². The normalized spacial score (nSPS) is 12.4. The number of carbonyl (C=O) groups is 2. The van der Waals surface area contributed by atoms with Gasteiger partial charge in [0.1, 0.15) is 5.60 Å². The predicted octanol–water partition coefficient (Wildman–Crippen LogP) is 4.89. The first-order chi connectivity index (χ1) is 12.1. The molecule has 0 fully saturated rings. The average molecular weight is 354 g/mol. The fourth-order valence-corrected chi connectivity index (χ4v) is 2.74. The van der Waals surface area contributed by atoms with E-state index in [1.165, 1.54) is 7.11 Å². The van der Waals surface area contributed by atoms with Crippen LogP contribution in [-0.2, 0) is 14.3 Å². The maximum Gasteiger partial charge on any atom is 0.338 e. The number of rotatable bonds is 4. The average Bonchev–Trinajstić information content (AvgIpc) is 2.59. The monoisotopic (exact) mass is 354 g/mol. The van der Waals surface area contributed by atoms with Crippen molar-refractivity contribution in [1.82, 2.24) is 0 Å². The van der Waals surface area contributed by atoms with E-state index in [-0.39, 0.29) is 5.97 Å². The summed E-state index contributed by atoms with van der Waals surface area (Å²) in [5.41, 5.74) is 3.46. The minimum absolute atomic E-state index is 0.293. The Kier molecular flexibility index (Phi) is 5.86. The van der Waals surface area contributed by atoms with E-state index in [2.05, 4.69) is 0 Å². The van der Waals surface area contributed by atoms with Gasteiger partial charge in [-0.1, -0.05) is 30.3 Å². The Morgan fingerprint density at radius 2 is 1.65 bits per heavy atom. The summed E-state index contributed by atoms with van der Waals surface area (Å²) in [6, 6.07) is 13.2. The van der Waals surface area contributed by atoms with Gasteiger partial charge in [0.15, 0.2) is 0 Å². The third-order valence-corrected chi connectivity index (χ3v) is 4.14. The summed E-state index contributed by atoms with van der Waals surface area (Å²) in [6.45, 7) is 9.33. The first-order valence-electron chi connectivity index (χ1n) is 8.65. The van der Waals surface area contributed by atoms with Crippen LogP contribution in [0.15, 0.2) is 42.5 Å². The lowest BCUT2D eigenvalue weighted by Gasteiger charge is -2.23. The first-order valence-corrected chi connectivity index (χ1v) is 8.65. The molecule has 0 bridgehead atoms. The van der Waals surface area contributed by atoms with Crippen LogP contribution in [0.1, 0.15) is 55.1 Å². The van der Waals surface area contributed by atoms with Gasteiger partial charge in [-0.15, -0.1) is 0 Å². The number of hydrogen-bond donors (Lipinski definition) is 0. The molecule has 0 N–H and O–H groups in total. The lowest BCUT2D eigenvalue weighted by molar-refractivity contribution is -0.156. The Bertz CT molecular complexity index is 815.